The van der Waals surface area contributed by atoms with Crippen LogP contribution >= 0.6 is 0 Å². The van der Waals surface area contributed by atoms with E-state index in [0.29, 0.717) is 11.9 Å². The third-order valence-electron chi connectivity index (χ3n) is 3.47. The number of carbonyl (C=O) groups is 1. The van der Waals surface area contributed by atoms with Crippen molar-refractivity contribution in [3.63, 3.8) is 0 Å². The van der Waals surface area contributed by atoms with E-state index in [2.05, 4.69) is 19.2 Å². The molecule has 3 heteroatoms. The number of unbranched alkanes of at least 4 members (excludes halogenated alkanes) is 5. The van der Waals surface area contributed by atoms with Crippen molar-refractivity contribution in [1.82, 2.24) is 10.2 Å². The molecule has 0 bridgehead atoms. The minimum Gasteiger partial charge on any atom is -0.340 e. The highest BCUT2D eigenvalue weighted by Crippen LogP contribution is 2.09. The Balaban J connectivity index is 2.04. The third kappa shape index (κ3) is 6.06. The lowest BCUT2D eigenvalue weighted by molar-refractivity contribution is -0.132. The first-order chi connectivity index (χ1) is 8.24. The van der Waals surface area contributed by atoms with Crippen molar-refractivity contribution in [2.45, 2.75) is 64.8 Å². The monoisotopic (exact) mass is 240 g/mol. The van der Waals surface area contributed by atoms with E-state index in [0.717, 1.165) is 32.5 Å². The van der Waals surface area contributed by atoms with Crippen molar-refractivity contribution < 1.29 is 4.79 Å². The van der Waals surface area contributed by atoms with Crippen molar-refractivity contribution in [2.24, 2.45) is 0 Å². The summed E-state index contributed by atoms with van der Waals surface area (Å²) in [6, 6.07) is 0.456. The van der Waals surface area contributed by atoms with Crippen LogP contribution < -0.4 is 5.32 Å². The third-order valence-corrected chi connectivity index (χ3v) is 3.47. The van der Waals surface area contributed by atoms with Crippen LogP contribution in [0.4, 0.5) is 0 Å². The number of hydrogen-bond donors (Lipinski definition) is 1. The van der Waals surface area contributed by atoms with Crippen LogP contribution in [0.3, 0.4) is 0 Å². The zero-order valence-corrected chi connectivity index (χ0v) is 11.5. The molecule has 1 atom stereocenters. The molecule has 0 aromatic heterocycles. The standard InChI is InChI=1S/C14H28N2O/c1-3-4-5-6-7-8-9-14(17)16-11-10-15-13(2)12-16/h13,15H,3-12H2,1-2H3/t13-/m1/s1. The van der Waals surface area contributed by atoms with Crippen molar-refractivity contribution >= 4 is 5.91 Å². The summed E-state index contributed by atoms with van der Waals surface area (Å²) < 4.78 is 0. The minimum atomic E-state index is 0.355. The molecular formula is C14H28N2O. The molecule has 0 aromatic carbocycles. The molecule has 1 amide bonds. The summed E-state index contributed by atoms with van der Waals surface area (Å²) in [5.74, 6) is 0.355. The van der Waals surface area contributed by atoms with Gasteiger partial charge in [0.2, 0.25) is 5.91 Å². The average molecular weight is 240 g/mol. The van der Waals surface area contributed by atoms with Crippen LogP contribution in [-0.4, -0.2) is 36.5 Å². The molecule has 100 valence electrons. The van der Waals surface area contributed by atoms with Gasteiger partial charge in [-0.15, -0.1) is 0 Å². The number of nitrogens with one attached hydrogen (secondary N) is 1. The minimum absolute atomic E-state index is 0.355. The van der Waals surface area contributed by atoms with E-state index in [9.17, 15) is 4.79 Å². The SMILES string of the molecule is CCCCCCCCC(=O)N1CCN[C@H](C)C1. The van der Waals surface area contributed by atoms with Gasteiger partial charge in [-0.25, -0.2) is 0 Å². The van der Waals surface area contributed by atoms with Crippen molar-refractivity contribution in [2.75, 3.05) is 19.6 Å². The van der Waals surface area contributed by atoms with E-state index in [1.165, 1.54) is 32.1 Å². The van der Waals surface area contributed by atoms with E-state index in [1.54, 1.807) is 0 Å². The average Bonchev–Trinajstić information content (AvgIpc) is 2.33. The lowest BCUT2D eigenvalue weighted by Gasteiger charge is -2.32. The van der Waals surface area contributed by atoms with Gasteiger partial charge in [-0.2, -0.15) is 0 Å². The summed E-state index contributed by atoms with van der Waals surface area (Å²) in [5, 5.41) is 3.36. The Kier molecular flexibility index (Phi) is 7.25. The number of nitrogens with zero attached hydrogens (tertiary/aromatic N) is 1. The van der Waals surface area contributed by atoms with Crippen LogP contribution in [0.1, 0.15) is 58.8 Å². The summed E-state index contributed by atoms with van der Waals surface area (Å²) in [6.45, 7) is 7.09. The fourth-order valence-electron chi connectivity index (χ4n) is 2.37. The van der Waals surface area contributed by atoms with Crippen molar-refractivity contribution in [1.29, 1.82) is 0 Å². The molecule has 1 aliphatic rings. The Hall–Kier alpha value is -0.570. The van der Waals surface area contributed by atoms with Crippen LogP contribution in [0.15, 0.2) is 0 Å². The number of rotatable bonds is 7. The Morgan fingerprint density at radius 2 is 1.94 bits per heavy atom. The quantitative estimate of drug-likeness (QED) is 0.694. The maximum absolute atomic E-state index is 11.9. The smallest absolute Gasteiger partial charge is 0.222 e. The van der Waals surface area contributed by atoms with Gasteiger partial charge in [0.15, 0.2) is 0 Å². The number of hydrogen-bond acceptors (Lipinski definition) is 2. The van der Waals surface area contributed by atoms with Crippen molar-refractivity contribution in [3.8, 4) is 0 Å². The van der Waals surface area contributed by atoms with Gasteiger partial charge in [0.05, 0.1) is 0 Å². The lowest BCUT2D eigenvalue weighted by atomic mass is 10.1. The molecule has 0 saturated carbocycles. The second kappa shape index (κ2) is 8.51. The van der Waals surface area contributed by atoms with Crippen molar-refractivity contribution in [3.05, 3.63) is 0 Å². The van der Waals surface area contributed by atoms with Crippen LogP contribution in [0.25, 0.3) is 0 Å². The zero-order chi connectivity index (χ0) is 12.5. The predicted octanol–water partition coefficient (Wildman–Crippen LogP) is 2.56. The molecule has 1 heterocycles. The first-order valence-electron chi connectivity index (χ1n) is 7.25. The molecule has 1 fully saturated rings. The second-order valence-corrected chi connectivity index (χ2v) is 5.21. The molecule has 0 aromatic rings. The van der Waals surface area contributed by atoms with Gasteiger partial charge in [-0.3, -0.25) is 4.79 Å². The van der Waals surface area contributed by atoms with Crippen LogP contribution in [0, 0.1) is 0 Å². The van der Waals surface area contributed by atoms with E-state index in [-0.39, 0.29) is 0 Å². The molecule has 0 unspecified atom stereocenters. The van der Waals surface area contributed by atoms with Crippen LogP contribution in [0.5, 0.6) is 0 Å². The Bertz CT molecular complexity index is 218. The fraction of sp³-hybridized carbons (Fsp3) is 0.929. The molecule has 0 radical (unpaired) electrons. The van der Waals surface area contributed by atoms with Crippen LogP contribution in [-0.2, 0) is 4.79 Å². The van der Waals surface area contributed by atoms with Crippen LogP contribution in [0.2, 0.25) is 0 Å². The Morgan fingerprint density at radius 3 is 2.65 bits per heavy atom. The maximum atomic E-state index is 11.9. The first kappa shape index (κ1) is 14.5. The highest BCUT2D eigenvalue weighted by Gasteiger charge is 2.19. The molecule has 17 heavy (non-hydrogen) atoms. The lowest BCUT2D eigenvalue weighted by Crippen LogP contribution is -2.51. The van der Waals surface area contributed by atoms with Gasteiger partial charge >= 0.3 is 0 Å². The van der Waals surface area contributed by atoms with Gasteiger partial charge in [-0.1, -0.05) is 39.0 Å². The summed E-state index contributed by atoms with van der Waals surface area (Å²) in [4.78, 5) is 14.0. The topological polar surface area (TPSA) is 32.3 Å². The largest absolute Gasteiger partial charge is 0.340 e. The highest BCUT2D eigenvalue weighted by atomic mass is 16.2. The molecule has 0 spiro atoms. The normalized spacial score (nSPS) is 20.6. The van der Waals surface area contributed by atoms with Gasteiger partial charge in [0.1, 0.15) is 0 Å². The first-order valence-corrected chi connectivity index (χ1v) is 7.25. The summed E-state index contributed by atoms with van der Waals surface area (Å²) in [7, 11) is 0. The zero-order valence-electron chi connectivity index (χ0n) is 11.5. The molecule has 3 nitrogen and oxygen atoms in total. The maximum Gasteiger partial charge on any atom is 0.222 e. The van der Waals surface area contributed by atoms with E-state index < -0.39 is 0 Å². The fourth-order valence-corrected chi connectivity index (χ4v) is 2.37. The Morgan fingerprint density at radius 1 is 1.24 bits per heavy atom. The second-order valence-electron chi connectivity index (χ2n) is 5.21. The van der Waals surface area contributed by atoms with Gasteiger partial charge in [0, 0.05) is 32.1 Å². The van der Waals surface area contributed by atoms with Gasteiger partial charge < -0.3 is 10.2 Å². The molecular weight excluding hydrogens is 212 g/mol. The molecule has 1 N–H and O–H groups in total. The summed E-state index contributed by atoms with van der Waals surface area (Å²) >= 11 is 0. The van der Waals surface area contributed by atoms with E-state index in [1.807, 2.05) is 4.90 Å². The van der Waals surface area contributed by atoms with Gasteiger partial charge in [-0.05, 0) is 13.3 Å². The molecule has 1 rings (SSSR count). The number of amides is 1. The molecule has 1 saturated heterocycles. The van der Waals surface area contributed by atoms with E-state index in [4.69, 9.17) is 0 Å². The number of piperazine rings is 1. The number of carbonyl (C=O) groups excluding carboxylic acids is 1. The van der Waals surface area contributed by atoms with E-state index >= 15 is 0 Å². The Labute approximate surface area is 106 Å². The highest BCUT2D eigenvalue weighted by molar-refractivity contribution is 5.76. The molecule has 0 aliphatic carbocycles. The molecule has 1 aliphatic heterocycles. The summed E-state index contributed by atoms with van der Waals surface area (Å²) in [5.41, 5.74) is 0. The summed E-state index contributed by atoms with van der Waals surface area (Å²) in [6.07, 6.45) is 8.28. The van der Waals surface area contributed by atoms with Gasteiger partial charge in [0.25, 0.3) is 0 Å². The predicted molar refractivity (Wildman–Crippen MR) is 72.0 cm³/mol.